The molecular formula is C18H18O4. The van der Waals surface area contributed by atoms with Gasteiger partial charge in [0.1, 0.15) is 6.61 Å². The van der Waals surface area contributed by atoms with Crippen LogP contribution in [0.3, 0.4) is 0 Å². The number of rotatable bonds is 5. The van der Waals surface area contributed by atoms with E-state index in [0.717, 1.165) is 29.7 Å². The van der Waals surface area contributed by atoms with Crippen molar-refractivity contribution >= 4 is 5.97 Å². The minimum atomic E-state index is -0.319. The molecular weight excluding hydrogens is 280 g/mol. The molecule has 22 heavy (non-hydrogen) atoms. The summed E-state index contributed by atoms with van der Waals surface area (Å²) in [6, 6.07) is 12.9. The molecule has 0 spiro atoms. The van der Waals surface area contributed by atoms with Crippen molar-refractivity contribution in [3.8, 4) is 11.5 Å². The van der Waals surface area contributed by atoms with Crippen LogP contribution in [-0.4, -0.2) is 12.8 Å². The zero-order valence-corrected chi connectivity index (χ0v) is 12.5. The van der Waals surface area contributed by atoms with Crippen molar-refractivity contribution in [3.63, 3.8) is 0 Å². The van der Waals surface area contributed by atoms with Gasteiger partial charge in [-0.1, -0.05) is 31.5 Å². The summed E-state index contributed by atoms with van der Waals surface area (Å²) < 4.78 is 16.2. The molecule has 0 fully saturated rings. The number of hydrogen-bond acceptors (Lipinski definition) is 4. The van der Waals surface area contributed by atoms with E-state index in [0.29, 0.717) is 11.3 Å². The highest BCUT2D eigenvalue weighted by Gasteiger charge is 2.18. The molecule has 0 N–H and O–H groups in total. The molecule has 4 nitrogen and oxygen atoms in total. The molecule has 0 aliphatic carbocycles. The molecule has 1 aliphatic rings. The monoisotopic (exact) mass is 298 g/mol. The Labute approximate surface area is 129 Å². The minimum Gasteiger partial charge on any atom is -0.457 e. The molecule has 3 rings (SSSR count). The van der Waals surface area contributed by atoms with Crippen LogP contribution in [0.4, 0.5) is 0 Å². The molecule has 4 heteroatoms. The van der Waals surface area contributed by atoms with Crippen LogP contribution in [-0.2, 0) is 17.8 Å². The number of carbonyl (C=O) groups is 1. The molecule has 1 heterocycles. The second-order valence-corrected chi connectivity index (χ2v) is 5.17. The van der Waals surface area contributed by atoms with Crippen LogP contribution in [0.15, 0.2) is 42.5 Å². The quantitative estimate of drug-likeness (QED) is 0.789. The normalized spacial score (nSPS) is 12.2. The molecule has 0 saturated heterocycles. The topological polar surface area (TPSA) is 44.8 Å². The zero-order chi connectivity index (χ0) is 15.4. The summed E-state index contributed by atoms with van der Waals surface area (Å²) in [5.74, 6) is 1.16. The molecule has 0 radical (unpaired) electrons. The van der Waals surface area contributed by atoms with E-state index in [4.69, 9.17) is 14.2 Å². The van der Waals surface area contributed by atoms with E-state index in [2.05, 4.69) is 6.92 Å². The van der Waals surface area contributed by atoms with Gasteiger partial charge in [0.05, 0.1) is 5.56 Å². The number of hydrogen-bond donors (Lipinski definition) is 0. The smallest absolute Gasteiger partial charge is 0.338 e. The molecule has 0 atom stereocenters. The van der Waals surface area contributed by atoms with Crippen molar-refractivity contribution in [1.29, 1.82) is 0 Å². The Morgan fingerprint density at radius 3 is 2.45 bits per heavy atom. The first-order chi connectivity index (χ1) is 10.8. The molecule has 0 saturated carbocycles. The fraction of sp³-hybridized carbons (Fsp3) is 0.278. The van der Waals surface area contributed by atoms with E-state index >= 15 is 0 Å². The lowest BCUT2D eigenvalue weighted by atomic mass is 10.0. The predicted molar refractivity (Wildman–Crippen MR) is 82.1 cm³/mol. The van der Waals surface area contributed by atoms with Crippen molar-refractivity contribution in [2.24, 2.45) is 0 Å². The predicted octanol–water partition coefficient (Wildman–Crippen LogP) is 3.72. The summed E-state index contributed by atoms with van der Waals surface area (Å²) in [6.45, 7) is 2.60. The van der Waals surface area contributed by atoms with Crippen molar-refractivity contribution in [3.05, 3.63) is 59.2 Å². The Morgan fingerprint density at radius 2 is 1.77 bits per heavy atom. The first kappa shape index (κ1) is 14.4. The van der Waals surface area contributed by atoms with Gasteiger partial charge in [0.25, 0.3) is 0 Å². The van der Waals surface area contributed by atoms with Crippen molar-refractivity contribution in [1.82, 2.24) is 0 Å². The van der Waals surface area contributed by atoms with Crippen LogP contribution < -0.4 is 9.47 Å². The maximum atomic E-state index is 12.0. The van der Waals surface area contributed by atoms with Gasteiger partial charge >= 0.3 is 5.97 Å². The zero-order valence-electron chi connectivity index (χ0n) is 12.5. The summed E-state index contributed by atoms with van der Waals surface area (Å²) in [4.78, 5) is 12.0. The first-order valence-electron chi connectivity index (χ1n) is 7.41. The van der Waals surface area contributed by atoms with Gasteiger partial charge in [-0.2, -0.15) is 0 Å². The molecule has 0 aromatic heterocycles. The number of benzene rings is 2. The van der Waals surface area contributed by atoms with Gasteiger partial charge in [0.15, 0.2) is 11.5 Å². The second kappa shape index (κ2) is 6.52. The highest BCUT2D eigenvalue weighted by atomic mass is 16.7. The summed E-state index contributed by atoms with van der Waals surface area (Å²) in [7, 11) is 0. The molecule has 2 aromatic rings. The van der Waals surface area contributed by atoms with Crippen LogP contribution in [0.1, 0.15) is 34.8 Å². The summed E-state index contributed by atoms with van der Waals surface area (Å²) >= 11 is 0. The van der Waals surface area contributed by atoms with Crippen LogP contribution in [0.2, 0.25) is 0 Å². The van der Waals surface area contributed by atoms with Crippen LogP contribution in [0.25, 0.3) is 0 Å². The van der Waals surface area contributed by atoms with Crippen molar-refractivity contribution in [2.45, 2.75) is 26.4 Å². The summed E-state index contributed by atoms with van der Waals surface area (Å²) in [5, 5.41) is 0. The van der Waals surface area contributed by atoms with Gasteiger partial charge < -0.3 is 14.2 Å². The van der Waals surface area contributed by atoms with Crippen LogP contribution in [0.5, 0.6) is 11.5 Å². The Balaban J connectivity index is 1.75. The van der Waals surface area contributed by atoms with E-state index in [1.807, 2.05) is 30.3 Å². The lowest BCUT2D eigenvalue weighted by Crippen LogP contribution is -2.06. The standard InChI is InChI=1S/C18H18O4/c1-2-6-14-9-16-17(22-12-21-16)10-15(14)11-20-18(19)13-7-4-3-5-8-13/h3-5,7-10H,2,6,11-12H2,1H3. The maximum Gasteiger partial charge on any atom is 0.338 e. The molecule has 1 aliphatic heterocycles. The maximum absolute atomic E-state index is 12.0. The van der Waals surface area contributed by atoms with Crippen LogP contribution in [0, 0.1) is 0 Å². The number of aryl methyl sites for hydroxylation is 1. The van der Waals surface area contributed by atoms with E-state index in [9.17, 15) is 4.79 Å². The van der Waals surface area contributed by atoms with Gasteiger partial charge in [-0.25, -0.2) is 4.79 Å². The molecule has 0 bridgehead atoms. The van der Waals surface area contributed by atoms with Crippen molar-refractivity contribution < 1.29 is 19.0 Å². The van der Waals surface area contributed by atoms with E-state index in [1.54, 1.807) is 12.1 Å². The molecule has 0 amide bonds. The van der Waals surface area contributed by atoms with Gasteiger partial charge in [0.2, 0.25) is 6.79 Å². The lowest BCUT2D eigenvalue weighted by molar-refractivity contribution is 0.0471. The Morgan fingerprint density at radius 1 is 1.09 bits per heavy atom. The van der Waals surface area contributed by atoms with Crippen LogP contribution >= 0.6 is 0 Å². The number of carbonyl (C=O) groups excluding carboxylic acids is 1. The van der Waals surface area contributed by atoms with Gasteiger partial charge in [0, 0.05) is 0 Å². The SMILES string of the molecule is CCCc1cc2c(cc1COC(=O)c1ccccc1)OCO2. The highest BCUT2D eigenvalue weighted by molar-refractivity contribution is 5.89. The second-order valence-electron chi connectivity index (χ2n) is 5.17. The Kier molecular flexibility index (Phi) is 4.28. The highest BCUT2D eigenvalue weighted by Crippen LogP contribution is 2.35. The fourth-order valence-electron chi connectivity index (χ4n) is 2.46. The van der Waals surface area contributed by atoms with E-state index in [-0.39, 0.29) is 19.4 Å². The molecule has 114 valence electrons. The average molecular weight is 298 g/mol. The Bertz CT molecular complexity index is 664. The van der Waals surface area contributed by atoms with E-state index in [1.165, 1.54) is 0 Å². The lowest BCUT2D eigenvalue weighted by Gasteiger charge is -2.11. The molecule has 2 aromatic carbocycles. The minimum absolute atomic E-state index is 0.236. The van der Waals surface area contributed by atoms with Gasteiger partial charge in [-0.15, -0.1) is 0 Å². The largest absolute Gasteiger partial charge is 0.457 e. The number of fused-ring (bicyclic) bond motifs is 1. The van der Waals surface area contributed by atoms with Crippen molar-refractivity contribution in [2.75, 3.05) is 6.79 Å². The first-order valence-corrected chi connectivity index (χ1v) is 7.41. The third kappa shape index (κ3) is 3.06. The summed E-state index contributed by atoms with van der Waals surface area (Å²) in [6.07, 6.45) is 1.92. The number of ether oxygens (including phenoxy) is 3. The summed E-state index contributed by atoms with van der Waals surface area (Å²) in [5.41, 5.74) is 2.66. The Hall–Kier alpha value is -2.49. The fourth-order valence-corrected chi connectivity index (χ4v) is 2.46. The average Bonchev–Trinajstić information content (AvgIpc) is 3.00. The molecule has 0 unspecified atom stereocenters. The van der Waals surface area contributed by atoms with Gasteiger partial charge in [-0.3, -0.25) is 0 Å². The van der Waals surface area contributed by atoms with E-state index < -0.39 is 0 Å². The number of esters is 1. The third-order valence-electron chi connectivity index (χ3n) is 3.58. The third-order valence-corrected chi connectivity index (χ3v) is 3.58. The van der Waals surface area contributed by atoms with Gasteiger partial charge in [-0.05, 0) is 41.8 Å².